The van der Waals surface area contributed by atoms with E-state index in [9.17, 15) is 4.79 Å². The molecule has 1 N–H and O–H groups in total. The first kappa shape index (κ1) is 14.1. The number of fused-ring (bicyclic) bond motifs is 1. The maximum atomic E-state index is 11.0. The van der Waals surface area contributed by atoms with Crippen molar-refractivity contribution in [2.45, 2.75) is 19.4 Å². The molecule has 0 aliphatic rings. The molecule has 0 aliphatic carbocycles. The van der Waals surface area contributed by atoms with Gasteiger partial charge < -0.3 is 9.84 Å². The van der Waals surface area contributed by atoms with Crippen LogP contribution in [0.3, 0.4) is 0 Å². The van der Waals surface area contributed by atoms with Gasteiger partial charge >= 0.3 is 5.97 Å². The molecule has 1 heterocycles. The topological polar surface area (TPSA) is 59.4 Å². The molecule has 0 fully saturated rings. The van der Waals surface area contributed by atoms with E-state index in [1.54, 1.807) is 25.3 Å². The predicted molar refractivity (Wildman–Crippen MR) is 76.8 cm³/mol. The third-order valence-electron chi connectivity index (χ3n) is 2.60. The third-order valence-corrected chi connectivity index (χ3v) is 3.32. The molecule has 2 rings (SSSR count). The molecule has 0 spiro atoms. The number of aliphatic carboxylic acids is 1. The summed E-state index contributed by atoms with van der Waals surface area (Å²) in [6.45, 7) is 1.75. The highest BCUT2D eigenvalue weighted by Crippen LogP contribution is 2.30. The monoisotopic (exact) mass is 343 g/mol. The van der Waals surface area contributed by atoms with Gasteiger partial charge in [0.2, 0.25) is 0 Å². The van der Waals surface area contributed by atoms with Crippen molar-refractivity contribution in [2.24, 2.45) is 0 Å². The third kappa shape index (κ3) is 3.16. The fraction of sp³-hybridized carbons (Fsp3) is 0.231. The molecule has 19 heavy (non-hydrogen) atoms. The van der Waals surface area contributed by atoms with Crippen LogP contribution >= 0.6 is 27.5 Å². The Kier molecular flexibility index (Phi) is 4.27. The second kappa shape index (κ2) is 5.75. The summed E-state index contributed by atoms with van der Waals surface area (Å²) < 4.78 is 6.24. The number of aromatic nitrogens is 1. The fourth-order valence-corrected chi connectivity index (χ4v) is 2.31. The van der Waals surface area contributed by atoms with E-state index in [0.717, 1.165) is 9.86 Å². The minimum atomic E-state index is -0.994. The van der Waals surface area contributed by atoms with E-state index in [0.29, 0.717) is 22.7 Å². The number of nitrogens with zero attached hydrogens (tertiary/aromatic N) is 1. The van der Waals surface area contributed by atoms with Crippen LogP contribution in [0.25, 0.3) is 10.9 Å². The molecule has 0 saturated heterocycles. The van der Waals surface area contributed by atoms with Crippen molar-refractivity contribution >= 4 is 44.4 Å². The largest absolute Gasteiger partial charge is 0.479 e. The van der Waals surface area contributed by atoms with Crippen LogP contribution in [0.2, 0.25) is 5.02 Å². The molecule has 1 unspecified atom stereocenters. The second-order valence-electron chi connectivity index (χ2n) is 3.98. The van der Waals surface area contributed by atoms with Crippen LogP contribution in [0.15, 0.2) is 28.9 Å². The van der Waals surface area contributed by atoms with Crippen molar-refractivity contribution in [1.82, 2.24) is 4.98 Å². The molecule has 0 amide bonds. The van der Waals surface area contributed by atoms with Crippen molar-refractivity contribution in [2.75, 3.05) is 0 Å². The molecule has 2 aromatic rings. The minimum absolute atomic E-state index is 0.377. The average Bonchev–Trinajstić information content (AvgIpc) is 2.35. The van der Waals surface area contributed by atoms with Gasteiger partial charge in [0.25, 0.3) is 0 Å². The van der Waals surface area contributed by atoms with Gasteiger partial charge in [0.05, 0.1) is 10.5 Å². The van der Waals surface area contributed by atoms with Crippen LogP contribution in [0.4, 0.5) is 0 Å². The number of benzene rings is 1. The lowest BCUT2D eigenvalue weighted by Gasteiger charge is -2.14. The Morgan fingerprint density at radius 1 is 1.53 bits per heavy atom. The molecule has 100 valence electrons. The smallest absolute Gasteiger partial charge is 0.344 e. The first-order chi connectivity index (χ1) is 9.01. The van der Waals surface area contributed by atoms with E-state index in [1.807, 2.05) is 6.07 Å². The van der Waals surface area contributed by atoms with Gasteiger partial charge in [0.1, 0.15) is 5.75 Å². The summed E-state index contributed by atoms with van der Waals surface area (Å²) in [5, 5.41) is 10.2. The zero-order valence-corrected chi connectivity index (χ0v) is 12.4. The highest BCUT2D eigenvalue weighted by atomic mass is 79.9. The summed E-state index contributed by atoms with van der Waals surface area (Å²) in [5.41, 5.74) is 0.653. The highest BCUT2D eigenvalue weighted by Gasteiger charge is 2.17. The normalized spacial score (nSPS) is 12.4. The van der Waals surface area contributed by atoms with E-state index in [4.69, 9.17) is 21.4 Å². The quantitative estimate of drug-likeness (QED) is 0.914. The summed E-state index contributed by atoms with van der Waals surface area (Å²) in [6, 6.07) is 5.16. The molecule has 1 atom stereocenters. The molecular formula is C13H11BrClNO3. The fourth-order valence-electron chi connectivity index (χ4n) is 1.69. The number of carboxylic acids is 1. The predicted octanol–water partition coefficient (Wildman–Crippen LogP) is 3.89. The van der Waals surface area contributed by atoms with Gasteiger partial charge in [0.15, 0.2) is 6.10 Å². The molecule has 0 saturated carbocycles. The zero-order chi connectivity index (χ0) is 14.0. The second-order valence-corrected chi connectivity index (χ2v) is 5.31. The van der Waals surface area contributed by atoms with Crippen LogP contribution in [-0.2, 0) is 4.79 Å². The highest BCUT2D eigenvalue weighted by molar-refractivity contribution is 9.10. The molecule has 0 bridgehead atoms. The Morgan fingerprint density at radius 2 is 2.26 bits per heavy atom. The van der Waals surface area contributed by atoms with E-state index < -0.39 is 12.1 Å². The lowest BCUT2D eigenvalue weighted by molar-refractivity contribution is -0.145. The van der Waals surface area contributed by atoms with Crippen LogP contribution in [0.1, 0.15) is 13.3 Å². The lowest BCUT2D eigenvalue weighted by Crippen LogP contribution is -2.25. The lowest BCUT2D eigenvalue weighted by atomic mass is 10.2. The first-order valence-electron chi connectivity index (χ1n) is 5.65. The summed E-state index contributed by atoms with van der Waals surface area (Å²) in [6.07, 6.45) is 1.15. The minimum Gasteiger partial charge on any atom is -0.479 e. The van der Waals surface area contributed by atoms with Crippen molar-refractivity contribution in [3.8, 4) is 5.75 Å². The average molecular weight is 345 g/mol. The number of halogens is 2. The van der Waals surface area contributed by atoms with Crippen LogP contribution < -0.4 is 4.74 Å². The van der Waals surface area contributed by atoms with E-state index >= 15 is 0 Å². The Labute approximate surface area is 123 Å². The van der Waals surface area contributed by atoms with Gasteiger partial charge in [-0.25, -0.2) is 4.79 Å². The molecule has 0 radical (unpaired) electrons. The van der Waals surface area contributed by atoms with Gasteiger partial charge in [-0.2, -0.15) is 0 Å². The van der Waals surface area contributed by atoms with Crippen molar-refractivity contribution in [3.63, 3.8) is 0 Å². The van der Waals surface area contributed by atoms with E-state index in [2.05, 4.69) is 20.9 Å². The van der Waals surface area contributed by atoms with E-state index in [1.165, 1.54) is 0 Å². The summed E-state index contributed by atoms with van der Waals surface area (Å²) >= 11 is 9.44. The summed E-state index contributed by atoms with van der Waals surface area (Å²) in [5.74, 6) is -0.572. The number of hydrogen-bond acceptors (Lipinski definition) is 3. The van der Waals surface area contributed by atoms with Gasteiger partial charge in [0, 0.05) is 22.1 Å². The standard InChI is InChI=1S/C13H11BrClNO3/c1-2-11(13(17)18)19-9-4-7-3-8(14)6-16-12(7)10(15)5-9/h3-6,11H,2H2,1H3,(H,17,18). The Bertz CT molecular complexity index is 633. The number of carbonyl (C=O) groups is 1. The zero-order valence-electron chi connectivity index (χ0n) is 10.1. The van der Waals surface area contributed by atoms with E-state index in [-0.39, 0.29) is 0 Å². The summed E-state index contributed by atoms with van der Waals surface area (Å²) in [4.78, 5) is 15.2. The number of rotatable bonds is 4. The molecule has 1 aromatic heterocycles. The maximum Gasteiger partial charge on any atom is 0.344 e. The number of carboxylic acid groups (broad SMARTS) is 1. The van der Waals surface area contributed by atoms with Crippen molar-refractivity contribution < 1.29 is 14.6 Å². The Morgan fingerprint density at radius 3 is 2.89 bits per heavy atom. The molecule has 6 heteroatoms. The Hall–Kier alpha value is -1.33. The van der Waals surface area contributed by atoms with Gasteiger partial charge in [-0.15, -0.1) is 0 Å². The number of hydrogen-bond donors (Lipinski definition) is 1. The maximum absolute atomic E-state index is 11.0. The van der Waals surface area contributed by atoms with Crippen LogP contribution in [0.5, 0.6) is 5.75 Å². The summed E-state index contributed by atoms with van der Waals surface area (Å²) in [7, 11) is 0. The number of ether oxygens (including phenoxy) is 1. The molecule has 1 aromatic carbocycles. The van der Waals surface area contributed by atoms with Crippen LogP contribution in [-0.4, -0.2) is 22.2 Å². The van der Waals surface area contributed by atoms with Crippen molar-refractivity contribution in [1.29, 1.82) is 0 Å². The van der Waals surface area contributed by atoms with Crippen molar-refractivity contribution in [3.05, 3.63) is 33.9 Å². The number of pyridine rings is 1. The molecule has 4 nitrogen and oxygen atoms in total. The molecule has 0 aliphatic heterocycles. The molecular weight excluding hydrogens is 334 g/mol. The Balaban J connectivity index is 2.42. The van der Waals surface area contributed by atoms with Gasteiger partial charge in [-0.05, 0) is 34.5 Å². The van der Waals surface area contributed by atoms with Gasteiger partial charge in [-0.1, -0.05) is 18.5 Å². The SMILES string of the molecule is CCC(Oc1cc(Cl)c2ncc(Br)cc2c1)C(=O)O. The first-order valence-corrected chi connectivity index (χ1v) is 6.82. The van der Waals surface area contributed by atoms with Gasteiger partial charge in [-0.3, -0.25) is 4.98 Å². The van der Waals surface area contributed by atoms with Crippen LogP contribution in [0, 0.1) is 0 Å².